The van der Waals surface area contributed by atoms with Gasteiger partial charge in [0.25, 0.3) is 0 Å². The third-order valence-corrected chi connectivity index (χ3v) is 5.41. The summed E-state index contributed by atoms with van der Waals surface area (Å²) in [5, 5.41) is 3.54. The van der Waals surface area contributed by atoms with Crippen molar-refractivity contribution in [2.24, 2.45) is 5.41 Å². The number of hydrogen-bond donors (Lipinski definition) is 1. The van der Waals surface area contributed by atoms with Gasteiger partial charge >= 0.3 is 0 Å². The number of rotatable bonds is 4. The van der Waals surface area contributed by atoms with Crippen molar-refractivity contribution in [3.05, 3.63) is 34.9 Å². The molecule has 0 aromatic heterocycles. The first-order valence-electron chi connectivity index (χ1n) is 8.13. The number of likely N-dealkylation sites (N-methyl/N-ethyl adjacent to an activating group) is 1. The molecule has 1 fully saturated rings. The molecule has 2 heteroatoms. The molecule has 0 spiro atoms. The molecule has 0 aliphatic heterocycles. The van der Waals surface area contributed by atoms with Crippen LogP contribution in [0.3, 0.4) is 0 Å². The van der Waals surface area contributed by atoms with Gasteiger partial charge in [-0.2, -0.15) is 0 Å². The first-order valence-corrected chi connectivity index (χ1v) is 8.13. The minimum absolute atomic E-state index is 0.0791. The molecule has 1 unspecified atom stereocenters. The molecule has 21 heavy (non-hydrogen) atoms. The Balaban J connectivity index is 2.34. The lowest BCUT2D eigenvalue weighted by atomic mass is 9.67. The molecular formula is C19H31NO. The summed E-state index contributed by atoms with van der Waals surface area (Å²) in [6.07, 6.45) is 4.69. The van der Waals surface area contributed by atoms with Crippen LogP contribution < -0.4 is 5.32 Å². The minimum Gasteiger partial charge on any atom is -0.376 e. The van der Waals surface area contributed by atoms with Crippen molar-refractivity contribution in [1.29, 1.82) is 0 Å². The van der Waals surface area contributed by atoms with Crippen molar-refractivity contribution < 1.29 is 4.74 Å². The van der Waals surface area contributed by atoms with E-state index in [2.05, 4.69) is 58.3 Å². The van der Waals surface area contributed by atoms with E-state index >= 15 is 0 Å². The summed E-state index contributed by atoms with van der Waals surface area (Å²) in [5.74, 6) is 0. The summed E-state index contributed by atoms with van der Waals surface area (Å²) >= 11 is 0. The summed E-state index contributed by atoms with van der Waals surface area (Å²) in [7, 11) is 3.94. The van der Waals surface area contributed by atoms with Gasteiger partial charge < -0.3 is 10.1 Å². The van der Waals surface area contributed by atoms with E-state index in [9.17, 15) is 0 Å². The lowest BCUT2D eigenvalue weighted by molar-refractivity contribution is -0.0863. The van der Waals surface area contributed by atoms with E-state index in [0.717, 1.165) is 12.8 Å². The molecule has 2 rings (SSSR count). The third-order valence-electron chi connectivity index (χ3n) is 5.41. The first kappa shape index (κ1) is 16.5. The van der Waals surface area contributed by atoms with Gasteiger partial charge in [0, 0.05) is 7.11 Å². The fourth-order valence-electron chi connectivity index (χ4n) is 3.81. The molecule has 2 nitrogen and oxygen atoms in total. The van der Waals surface area contributed by atoms with Gasteiger partial charge in [-0.3, -0.25) is 0 Å². The lowest BCUT2D eigenvalue weighted by Gasteiger charge is -2.47. The van der Waals surface area contributed by atoms with Gasteiger partial charge in [-0.05, 0) is 63.1 Å². The normalized spacial score (nSPS) is 22.0. The largest absolute Gasteiger partial charge is 0.376 e. The highest BCUT2D eigenvalue weighted by Gasteiger charge is 2.44. The molecule has 1 aromatic rings. The Kier molecular flexibility index (Phi) is 4.79. The predicted octanol–water partition coefficient (Wildman–Crippen LogP) is 4.55. The van der Waals surface area contributed by atoms with Crippen LogP contribution in [0.15, 0.2) is 18.2 Å². The number of benzene rings is 1. The van der Waals surface area contributed by atoms with Gasteiger partial charge in [0.1, 0.15) is 0 Å². The van der Waals surface area contributed by atoms with Crippen molar-refractivity contribution in [1.82, 2.24) is 5.32 Å². The Hall–Kier alpha value is -0.860. The Morgan fingerprint density at radius 2 is 1.71 bits per heavy atom. The second-order valence-electron chi connectivity index (χ2n) is 7.51. The van der Waals surface area contributed by atoms with E-state index in [1.807, 2.05) is 7.11 Å². The number of hydrogen-bond acceptors (Lipinski definition) is 2. The van der Waals surface area contributed by atoms with Crippen molar-refractivity contribution in [2.45, 2.75) is 65.0 Å². The summed E-state index contributed by atoms with van der Waals surface area (Å²) in [4.78, 5) is 0. The van der Waals surface area contributed by atoms with Crippen LogP contribution in [0, 0.1) is 19.3 Å². The molecule has 0 heterocycles. The number of ether oxygens (including phenoxy) is 1. The van der Waals surface area contributed by atoms with Crippen molar-refractivity contribution in [2.75, 3.05) is 14.2 Å². The second kappa shape index (κ2) is 6.10. The molecule has 1 N–H and O–H groups in total. The number of nitrogens with one attached hydrogen (secondary N) is 1. The zero-order chi connectivity index (χ0) is 15.7. The highest BCUT2D eigenvalue weighted by molar-refractivity contribution is 5.34. The van der Waals surface area contributed by atoms with E-state index in [0.29, 0.717) is 5.41 Å². The maximum atomic E-state index is 6.10. The monoisotopic (exact) mass is 289 g/mol. The summed E-state index contributed by atoms with van der Waals surface area (Å²) < 4.78 is 6.10. The van der Waals surface area contributed by atoms with Crippen LogP contribution >= 0.6 is 0 Å². The smallest absolute Gasteiger partial charge is 0.0872 e. The van der Waals surface area contributed by atoms with Crippen molar-refractivity contribution >= 4 is 0 Å². The highest BCUT2D eigenvalue weighted by atomic mass is 16.5. The van der Waals surface area contributed by atoms with E-state index in [-0.39, 0.29) is 11.6 Å². The molecule has 1 saturated carbocycles. The van der Waals surface area contributed by atoms with Gasteiger partial charge in [0.05, 0.1) is 11.6 Å². The van der Waals surface area contributed by atoms with Crippen LogP contribution in [0.4, 0.5) is 0 Å². The fraction of sp³-hybridized carbons (Fsp3) is 0.684. The number of methoxy groups -OCH3 is 1. The van der Waals surface area contributed by atoms with Crippen molar-refractivity contribution in [3.63, 3.8) is 0 Å². The molecule has 1 atom stereocenters. The van der Waals surface area contributed by atoms with Crippen LogP contribution in [-0.4, -0.2) is 19.8 Å². The number of aryl methyl sites for hydroxylation is 2. The Labute approximate surface area is 130 Å². The first-order chi connectivity index (χ1) is 9.83. The third kappa shape index (κ3) is 3.32. The molecule has 118 valence electrons. The molecule has 0 saturated heterocycles. The predicted molar refractivity (Wildman–Crippen MR) is 89.7 cm³/mol. The fourth-order valence-corrected chi connectivity index (χ4v) is 3.81. The van der Waals surface area contributed by atoms with E-state index in [1.165, 1.54) is 29.5 Å². The van der Waals surface area contributed by atoms with E-state index < -0.39 is 0 Å². The summed E-state index contributed by atoms with van der Waals surface area (Å²) in [5.41, 5.74) is 4.43. The maximum absolute atomic E-state index is 6.10. The second-order valence-corrected chi connectivity index (χ2v) is 7.51. The average Bonchev–Trinajstić information content (AvgIpc) is 2.44. The summed E-state index contributed by atoms with van der Waals surface area (Å²) in [6, 6.07) is 7.02. The quantitative estimate of drug-likeness (QED) is 0.878. The minimum atomic E-state index is -0.0791. The zero-order valence-corrected chi connectivity index (χ0v) is 14.5. The Morgan fingerprint density at radius 3 is 2.19 bits per heavy atom. The Morgan fingerprint density at radius 1 is 1.10 bits per heavy atom. The topological polar surface area (TPSA) is 21.3 Å². The SMILES string of the molecule is CNC(c1ccc(C)cc1C)C1(OC)CCC(C)(C)CC1. The lowest BCUT2D eigenvalue weighted by Crippen LogP contribution is -2.48. The molecule has 1 aliphatic rings. The standard InChI is InChI=1S/C19H31NO/c1-14-7-8-16(15(2)13-14)17(20-5)19(21-6)11-9-18(3,4)10-12-19/h7-8,13,17,20H,9-12H2,1-6H3. The molecular weight excluding hydrogens is 258 g/mol. The van der Waals surface area contributed by atoms with E-state index in [1.54, 1.807) is 0 Å². The molecule has 0 radical (unpaired) electrons. The highest BCUT2D eigenvalue weighted by Crippen LogP contribution is 2.47. The van der Waals surface area contributed by atoms with Gasteiger partial charge in [-0.25, -0.2) is 0 Å². The molecule has 0 bridgehead atoms. The zero-order valence-electron chi connectivity index (χ0n) is 14.5. The molecule has 1 aromatic carbocycles. The van der Waals surface area contributed by atoms with Gasteiger partial charge in [0.2, 0.25) is 0 Å². The average molecular weight is 289 g/mol. The van der Waals surface area contributed by atoms with Gasteiger partial charge in [0.15, 0.2) is 0 Å². The van der Waals surface area contributed by atoms with Crippen LogP contribution in [0.25, 0.3) is 0 Å². The molecule has 0 amide bonds. The van der Waals surface area contributed by atoms with Gasteiger partial charge in [-0.15, -0.1) is 0 Å². The van der Waals surface area contributed by atoms with Crippen LogP contribution in [0.1, 0.15) is 62.3 Å². The maximum Gasteiger partial charge on any atom is 0.0872 e. The van der Waals surface area contributed by atoms with Crippen LogP contribution in [0.5, 0.6) is 0 Å². The van der Waals surface area contributed by atoms with E-state index in [4.69, 9.17) is 4.74 Å². The van der Waals surface area contributed by atoms with Crippen LogP contribution in [0.2, 0.25) is 0 Å². The van der Waals surface area contributed by atoms with Gasteiger partial charge in [-0.1, -0.05) is 37.6 Å². The summed E-state index contributed by atoms with van der Waals surface area (Å²) in [6.45, 7) is 9.11. The van der Waals surface area contributed by atoms with Crippen LogP contribution in [-0.2, 0) is 4.74 Å². The molecule has 1 aliphatic carbocycles. The Bertz CT molecular complexity index is 482. The van der Waals surface area contributed by atoms with Crippen molar-refractivity contribution in [3.8, 4) is 0 Å².